The molecule has 1 rings (SSSR count). The van der Waals surface area contributed by atoms with E-state index in [0.29, 0.717) is 18.1 Å². The second-order valence-corrected chi connectivity index (χ2v) is 4.41. The minimum absolute atomic E-state index is 0.0846. The third-order valence-corrected chi connectivity index (χ3v) is 2.97. The molecule has 0 aliphatic carbocycles. The van der Waals surface area contributed by atoms with Gasteiger partial charge in [-0.3, -0.25) is 0 Å². The van der Waals surface area contributed by atoms with E-state index < -0.39 is 0 Å². The predicted octanol–water partition coefficient (Wildman–Crippen LogP) is 2.95. The third-order valence-electron chi connectivity index (χ3n) is 2.38. The Morgan fingerprint density at radius 3 is 2.62 bits per heavy atom. The molecule has 0 radical (unpaired) electrons. The minimum Gasteiger partial charge on any atom is -0.492 e. The number of hydrogen-bond donors (Lipinski definition) is 1. The molecular weight excluding hydrogens is 272 g/mol. The summed E-state index contributed by atoms with van der Waals surface area (Å²) in [6.45, 7) is 4.59. The van der Waals surface area contributed by atoms with Crippen LogP contribution in [0.2, 0.25) is 0 Å². The maximum Gasteiger partial charge on any atom is 0.174 e. The van der Waals surface area contributed by atoms with Gasteiger partial charge in [0.2, 0.25) is 0 Å². The van der Waals surface area contributed by atoms with E-state index in [1.165, 1.54) is 0 Å². The summed E-state index contributed by atoms with van der Waals surface area (Å²) in [4.78, 5) is 0. The summed E-state index contributed by atoms with van der Waals surface area (Å²) in [6.07, 6.45) is 0. The minimum atomic E-state index is 0.0846. The van der Waals surface area contributed by atoms with E-state index >= 15 is 0 Å². The van der Waals surface area contributed by atoms with Crippen molar-refractivity contribution in [1.29, 1.82) is 0 Å². The highest BCUT2D eigenvalue weighted by Crippen LogP contribution is 2.38. The maximum atomic E-state index is 9.14. The van der Waals surface area contributed by atoms with Crippen LogP contribution in [0.25, 0.3) is 0 Å². The molecule has 0 fully saturated rings. The lowest BCUT2D eigenvalue weighted by atomic mass is 10.0. The van der Waals surface area contributed by atoms with E-state index in [2.05, 4.69) is 15.9 Å². The molecular formula is C12H17BrO3. The number of aliphatic hydroxyl groups is 1. The van der Waals surface area contributed by atoms with E-state index in [1.54, 1.807) is 7.11 Å². The molecule has 0 aliphatic heterocycles. The monoisotopic (exact) mass is 288 g/mol. The van der Waals surface area contributed by atoms with Gasteiger partial charge in [0, 0.05) is 12.5 Å². The molecule has 4 heteroatoms. The van der Waals surface area contributed by atoms with Crippen LogP contribution in [-0.4, -0.2) is 25.4 Å². The zero-order valence-electron chi connectivity index (χ0n) is 9.79. The third kappa shape index (κ3) is 2.89. The van der Waals surface area contributed by atoms with Crippen molar-refractivity contribution in [3.8, 4) is 11.5 Å². The summed E-state index contributed by atoms with van der Waals surface area (Å²) >= 11 is 3.44. The zero-order chi connectivity index (χ0) is 12.1. The van der Waals surface area contributed by atoms with Gasteiger partial charge in [-0.2, -0.15) is 0 Å². The highest BCUT2D eigenvalue weighted by molar-refractivity contribution is 9.10. The number of aliphatic hydroxyl groups excluding tert-OH is 1. The number of methoxy groups -OCH3 is 1. The molecule has 1 atom stereocenters. The Morgan fingerprint density at radius 1 is 1.44 bits per heavy atom. The maximum absolute atomic E-state index is 9.14. The lowest BCUT2D eigenvalue weighted by molar-refractivity contribution is 0.271. The van der Waals surface area contributed by atoms with E-state index in [4.69, 9.17) is 14.6 Å². The number of halogens is 1. The molecule has 0 bridgehead atoms. The largest absolute Gasteiger partial charge is 0.492 e. The van der Waals surface area contributed by atoms with E-state index in [1.807, 2.05) is 26.0 Å². The van der Waals surface area contributed by atoms with Gasteiger partial charge in [0.05, 0.1) is 18.2 Å². The van der Waals surface area contributed by atoms with Gasteiger partial charge in [-0.05, 0) is 40.5 Å². The Labute approximate surface area is 105 Å². The fourth-order valence-electron chi connectivity index (χ4n) is 1.44. The fraction of sp³-hybridized carbons (Fsp3) is 0.500. The zero-order valence-corrected chi connectivity index (χ0v) is 11.4. The average Bonchev–Trinajstić information content (AvgIpc) is 2.28. The van der Waals surface area contributed by atoms with Crippen molar-refractivity contribution in [3.05, 3.63) is 22.2 Å². The highest BCUT2D eigenvalue weighted by Gasteiger charge is 2.14. The summed E-state index contributed by atoms with van der Waals surface area (Å²) in [5.74, 6) is 1.48. The molecule has 1 N–H and O–H groups in total. The van der Waals surface area contributed by atoms with Crippen LogP contribution < -0.4 is 9.47 Å². The Kier molecular flexibility index (Phi) is 5.09. The van der Waals surface area contributed by atoms with Gasteiger partial charge in [-0.25, -0.2) is 0 Å². The van der Waals surface area contributed by atoms with Crippen LogP contribution in [0, 0.1) is 0 Å². The van der Waals surface area contributed by atoms with Gasteiger partial charge in [-0.1, -0.05) is 6.92 Å². The molecule has 1 aromatic carbocycles. The second-order valence-electron chi connectivity index (χ2n) is 3.55. The summed E-state index contributed by atoms with van der Waals surface area (Å²) in [7, 11) is 1.61. The van der Waals surface area contributed by atoms with Crippen LogP contribution in [0.15, 0.2) is 16.6 Å². The molecule has 3 nitrogen and oxygen atoms in total. The quantitative estimate of drug-likeness (QED) is 0.905. The number of rotatable bonds is 5. The lowest BCUT2D eigenvalue weighted by Gasteiger charge is -2.15. The van der Waals surface area contributed by atoms with Crippen molar-refractivity contribution < 1.29 is 14.6 Å². The Morgan fingerprint density at radius 2 is 2.12 bits per heavy atom. The first-order valence-corrected chi connectivity index (χ1v) is 6.04. The van der Waals surface area contributed by atoms with Crippen molar-refractivity contribution in [2.24, 2.45) is 0 Å². The number of hydrogen-bond acceptors (Lipinski definition) is 3. The van der Waals surface area contributed by atoms with Crippen LogP contribution in [0.3, 0.4) is 0 Å². The molecule has 16 heavy (non-hydrogen) atoms. The van der Waals surface area contributed by atoms with Gasteiger partial charge < -0.3 is 14.6 Å². The van der Waals surface area contributed by atoms with Gasteiger partial charge in [0.1, 0.15) is 0 Å². The first-order chi connectivity index (χ1) is 7.63. The Balaban J connectivity index is 3.16. The van der Waals surface area contributed by atoms with E-state index in [9.17, 15) is 0 Å². The predicted molar refractivity (Wildman–Crippen MR) is 67.4 cm³/mol. The van der Waals surface area contributed by atoms with Crippen molar-refractivity contribution in [3.63, 3.8) is 0 Å². The summed E-state index contributed by atoms with van der Waals surface area (Å²) < 4.78 is 11.6. The smallest absolute Gasteiger partial charge is 0.174 e. The first-order valence-electron chi connectivity index (χ1n) is 5.25. The molecule has 0 saturated heterocycles. The Hall–Kier alpha value is -0.740. The van der Waals surface area contributed by atoms with Crippen molar-refractivity contribution in [2.45, 2.75) is 19.8 Å². The molecule has 0 heterocycles. The molecule has 1 aromatic rings. The summed E-state index contributed by atoms with van der Waals surface area (Å²) in [6, 6.07) is 3.86. The lowest BCUT2D eigenvalue weighted by Crippen LogP contribution is -2.02. The van der Waals surface area contributed by atoms with Crippen LogP contribution in [0.4, 0.5) is 0 Å². The molecule has 90 valence electrons. The van der Waals surface area contributed by atoms with Crippen LogP contribution >= 0.6 is 15.9 Å². The Bertz CT molecular complexity index is 352. The van der Waals surface area contributed by atoms with Crippen molar-refractivity contribution in [1.82, 2.24) is 0 Å². The first kappa shape index (κ1) is 13.3. The van der Waals surface area contributed by atoms with Crippen LogP contribution in [0.1, 0.15) is 25.3 Å². The number of ether oxygens (including phenoxy) is 2. The molecule has 1 unspecified atom stereocenters. The summed E-state index contributed by atoms with van der Waals surface area (Å²) in [5, 5.41) is 9.14. The van der Waals surface area contributed by atoms with Crippen LogP contribution in [0.5, 0.6) is 11.5 Å². The normalized spacial score (nSPS) is 12.3. The van der Waals surface area contributed by atoms with Crippen molar-refractivity contribution in [2.75, 3.05) is 20.3 Å². The van der Waals surface area contributed by atoms with Crippen molar-refractivity contribution >= 4 is 15.9 Å². The molecule has 0 spiro atoms. The standard InChI is InChI=1S/C12H17BrO3/c1-4-16-11-6-9(8(2)7-14)5-10(13)12(11)15-3/h5-6,8,14H,4,7H2,1-3H3. The highest BCUT2D eigenvalue weighted by atomic mass is 79.9. The molecule has 0 amide bonds. The molecule has 0 saturated carbocycles. The van der Waals surface area contributed by atoms with Gasteiger partial charge >= 0.3 is 0 Å². The topological polar surface area (TPSA) is 38.7 Å². The van der Waals surface area contributed by atoms with E-state index in [0.717, 1.165) is 10.0 Å². The second kappa shape index (κ2) is 6.11. The van der Waals surface area contributed by atoms with Crippen LogP contribution in [-0.2, 0) is 0 Å². The summed E-state index contributed by atoms with van der Waals surface area (Å²) in [5.41, 5.74) is 1.03. The van der Waals surface area contributed by atoms with Gasteiger partial charge in [0.15, 0.2) is 11.5 Å². The number of benzene rings is 1. The SMILES string of the molecule is CCOc1cc(C(C)CO)cc(Br)c1OC. The molecule has 0 aliphatic rings. The van der Waals surface area contributed by atoms with Gasteiger partial charge in [-0.15, -0.1) is 0 Å². The fourth-order valence-corrected chi connectivity index (χ4v) is 2.06. The van der Waals surface area contributed by atoms with Gasteiger partial charge in [0.25, 0.3) is 0 Å². The average molecular weight is 289 g/mol. The van der Waals surface area contributed by atoms with E-state index in [-0.39, 0.29) is 12.5 Å². The molecule has 0 aromatic heterocycles.